The highest BCUT2D eigenvalue weighted by atomic mass is 16.5. The third-order valence-electron chi connectivity index (χ3n) is 2.53. The molecule has 0 bridgehead atoms. The Morgan fingerprint density at radius 2 is 1.89 bits per heavy atom. The molecule has 0 aliphatic carbocycles. The van der Waals surface area contributed by atoms with Crippen LogP contribution in [0.15, 0.2) is 0 Å². The molecular formula is C12H22N2O5. The summed E-state index contributed by atoms with van der Waals surface area (Å²) in [6.45, 7) is 4.20. The lowest BCUT2D eigenvalue weighted by Crippen LogP contribution is -2.43. The zero-order valence-corrected chi connectivity index (χ0v) is 11.6. The summed E-state index contributed by atoms with van der Waals surface area (Å²) in [6, 6.07) is 0.0314. The molecule has 0 heterocycles. The number of rotatable bonds is 9. The van der Waals surface area contributed by atoms with Crippen molar-refractivity contribution in [2.24, 2.45) is 0 Å². The quantitative estimate of drug-likeness (QED) is 0.448. The number of carbonyl (C=O) groups excluding carboxylic acids is 2. The fourth-order valence-corrected chi connectivity index (χ4v) is 1.36. The number of ether oxygens (including phenoxy) is 1. The highest BCUT2D eigenvalue weighted by Crippen LogP contribution is 1.98. The smallest absolute Gasteiger partial charge is 0.319 e. The third-order valence-corrected chi connectivity index (χ3v) is 2.53. The van der Waals surface area contributed by atoms with Gasteiger partial charge in [0.15, 0.2) is 0 Å². The van der Waals surface area contributed by atoms with Crippen LogP contribution in [0.3, 0.4) is 0 Å². The number of aliphatic carboxylic acids is 1. The van der Waals surface area contributed by atoms with Gasteiger partial charge in [0.25, 0.3) is 0 Å². The molecule has 0 rings (SSSR count). The molecule has 0 aliphatic rings. The van der Waals surface area contributed by atoms with E-state index in [1.165, 1.54) is 7.11 Å². The molecule has 0 aromatic carbocycles. The molecule has 19 heavy (non-hydrogen) atoms. The van der Waals surface area contributed by atoms with Gasteiger partial charge in [-0.1, -0.05) is 0 Å². The van der Waals surface area contributed by atoms with Gasteiger partial charge in [-0.15, -0.1) is 0 Å². The summed E-state index contributed by atoms with van der Waals surface area (Å²) in [6.07, 6.45) is 0.413. The number of esters is 1. The Labute approximate surface area is 112 Å². The SMILES string of the molecule is COC(=O)CN(CC(=O)NCCCC(=O)O)C(C)C. The number of hydrogen-bond donors (Lipinski definition) is 2. The minimum atomic E-state index is -0.885. The van der Waals surface area contributed by atoms with Crippen molar-refractivity contribution in [1.29, 1.82) is 0 Å². The van der Waals surface area contributed by atoms with Crippen molar-refractivity contribution in [2.75, 3.05) is 26.7 Å². The number of nitrogens with one attached hydrogen (secondary N) is 1. The summed E-state index contributed by atoms with van der Waals surface area (Å²) in [4.78, 5) is 34.8. The Morgan fingerprint density at radius 3 is 2.37 bits per heavy atom. The summed E-state index contributed by atoms with van der Waals surface area (Å²) in [5.74, 6) is -1.51. The van der Waals surface area contributed by atoms with E-state index in [0.717, 1.165) is 0 Å². The number of hydrogen-bond acceptors (Lipinski definition) is 5. The number of carboxylic acids is 1. The first-order valence-electron chi connectivity index (χ1n) is 6.16. The van der Waals surface area contributed by atoms with E-state index in [-0.39, 0.29) is 31.5 Å². The molecule has 0 aromatic heterocycles. The number of methoxy groups -OCH3 is 1. The predicted molar refractivity (Wildman–Crippen MR) is 68.6 cm³/mol. The van der Waals surface area contributed by atoms with Crippen LogP contribution in [0.1, 0.15) is 26.7 Å². The molecule has 0 atom stereocenters. The van der Waals surface area contributed by atoms with Crippen LogP contribution in [-0.2, 0) is 19.1 Å². The van der Waals surface area contributed by atoms with E-state index in [4.69, 9.17) is 5.11 Å². The van der Waals surface area contributed by atoms with Gasteiger partial charge in [0.2, 0.25) is 5.91 Å². The number of carbonyl (C=O) groups is 3. The van der Waals surface area contributed by atoms with Crippen molar-refractivity contribution in [1.82, 2.24) is 10.2 Å². The monoisotopic (exact) mass is 274 g/mol. The van der Waals surface area contributed by atoms with Crippen LogP contribution in [-0.4, -0.2) is 60.6 Å². The largest absolute Gasteiger partial charge is 0.481 e. The maximum absolute atomic E-state index is 11.6. The second-order valence-corrected chi connectivity index (χ2v) is 4.42. The first-order valence-corrected chi connectivity index (χ1v) is 6.16. The average molecular weight is 274 g/mol. The Morgan fingerprint density at radius 1 is 1.26 bits per heavy atom. The van der Waals surface area contributed by atoms with Crippen molar-refractivity contribution >= 4 is 17.8 Å². The van der Waals surface area contributed by atoms with Crippen LogP contribution in [0.4, 0.5) is 0 Å². The Hall–Kier alpha value is -1.63. The minimum absolute atomic E-state index is 0.0241. The van der Waals surface area contributed by atoms with Crippen molar-refractivity contribution in [3.8, 4) is 0 Å². The van der Waals surface area contributed by atoms with Gasteiger partial charge in [0.05, 0.1) is 20.2 Å². The van der Waals surface area contributed by atoms with Gasteiger partial charge < -0.3 is 15.2 Å². The van der Waals surface area contributed by atoms with E-state index >= 15 is 0 Å². The third kappa shape index (κ3) is 9.01. The zero-order valence-electron chi connectivity index (χ0n) is 11.6. The van der Waals surface area contributed by atoms with E-state index in [1.807, 2.05) is 13.8 Å². The van der Waals surface area contributed by atoms with Crippen LogP contribution in [0.25, 0.3) is 0 Å². The highest BCUT2D eigenvalue weighted by Gasteiger charge is 2.17. The lowest BCUT2D eigenvalue weighted by molar-refractivity contribution is -0.143. The lowest BCUT2D eigenvalue weighted by Gasteiger charge is -2.24. The molecule has 7 nitrogen and oxygen atoms in total. The Kier molecular flexibility index (Phi) is 8.52. The van der Waals surface area contributed by atoms with Crippen LogP contribution in [0.2, 0.25) is 0 Å². The molecule has 0 aromatic rings. The second-order valence-electron chi connectivity index (χ2n) is 4.42. The molecule has 0 radical (unpaired) electrons. The molecule has 0 aliphatic heterocycles. The highest BCUT2D eigenvalue weighted by molar-refractivity contribution is 5.79. The number of carboxylic acid groups (broad SMARTS) is 1. The minimum Gasteiger partial charge on any atom is -0.481 e. The van der Waals surface area contributed by atoms with E-state index in [0.29, 0.717) is 13.0 Å². The van der Waals surface area contributed by atoms with Crippen LogP contribution in [0.5, 0.6) is 0 Å². The van der Waals surface area contributed by atoms with Crippen molar-refractivity contribution in [3.05, 3.63) is 0 Å². The fourth-order valence-electron chi connectivity index (χ4n) is 1.36. The van der Waals surface area contributed by atoms with Gasteiger partial charge >= 0.3 is 11.9 Å². The van der Waals surface area contributed by atoms with E-state index < -0.39 is 11.9 Å². The van der Waals surface area contributed by atoms with Crippen molar-refractivity contribution < 1.29 is 24.2 Å². The normalized spacial score (nSPS) is 10.6. The van der Waals surface area contributed by atoms with E-state index in [1.54, 1.807) is 4.90 Å². The summed E-state index contributed by atoms with van der Waals surface area (Å²) < 4.78 is 4.56. The summed E-state index contributed by atoms with van der Waals surface area (Å²) >= 11 is 0. The molecule has 0 fully saturated rings. The van der Waals surface area contributed by atoms with Gasteiger partial charge in [-0.2, -0.15) is 0 Å². The second kappa shape index (κ2) is 9.32. The first kappa shape index (κ1) is 17.4. The fraction of sp³-hybridized carbons (Fsp3) is 0.750. The lowest BCUT2D eigenvalue weighted by atomic mass is 10.3. The molecule has 2 N–H and O–H groups in total. The van der Waals surface area contributed by atoms with Crippen molar-refractivity contribution in [3.63, 3.8) is 0 Å². The van der Waals surface area contributed by atoms with Crippen molar-refractivity contribution in [2.45, 2.75) is 32.7 Å². The molecule has 0 spiro atoms. The molecule has 1 amide bonds. The maximum Gasteiger partial charge on any atom is 0.319 e. The summed E-state index contributed by atoms with van der Waals surface area (Å²) in [5.41, 5.74) is 0. The average Bonchev–Trinajstić information content (AvgIpc) is 2.33. The maximum atomic E-state index is 11.6. The molecule has 110 valence electrons. The molecule has 7 heteroatoms. The Bertz CT molecular complexity index is 317. The summed E-state index contributed by atoms with van der Waals surface area (Å²) in [5, 5.41) is 11.1. The van der Waals surface area contributed by atoms with Gasteiger partial charge in [-0.05, 0) is 20.3 Å². The van der Waals surface area contributed by atoms with Gasteiger partial charge in [0, 0.05) is 19.0 Å². The molecular weight excluding hydrogens is 252 g/mol. The summed E-state index contributed by atoms with van der Waals surface area (Å²) in [7, 11) is 1.30. The predicted octanol–water partition coefficient (Wildman–Crippen LogP) is -0.149. The number of amides is 1. The number of nitrogens with zero attached hydrogens (tertiary/aromatic N) is 1. The molecule has 0 saturated heterocycles. The standard InChI is InChI=1S/C12H22N2O5/c1-9(2)14(8-12(18)19-3)7-10(15)13-6-4-5-11(16)17/h9H,4-8H2,1-3H3,(H,13,15)(H,16,17). The van der Waals surface area contributed by atoms with E-state index in [9.17, 15) is 14.4 Å². The first-order chi connectivity index (χ1) is 8.86. The van der Waals surface area contributed by atoms with Gasteiger partial charge in [-0.25, -0.2) is 0 Å². The topological polar surface area (TPSA) is 95.9 Å². The van der Waals surface area contributed by atoms with E-state index in [2.05, 4.69) is 10.1 Å². The zero-order chi connectivity index (χ0) is 14.8. The molecule has 0 unspecified atom stereocenters. The Balaban J connectivity index is 4.03. The van der Waals surface area contributed by atoms with Gasteiger partial charge in [0.1, 0.15) is 0 Å². The molecule has 0 saturated carbocycles. The van der Waals surface area contributed by atoms with Gasteiger partial charge in [-0.3, -0.25) is 19.3 Å². The van der Waals surface area contributed by atoms with Crippen LogP contribution in [0, 0.1) is 0 Å². The van der Waals surface area contributed by atoms with Crippen LogP contribution >= 0.6 is 0 Å². The van der Waals surface area contributed by atoms with Crippen LogP contribution < -0.4 is 5.32 Å².